The summed E-state index contributed by atoms with van der Waals surface area (Å²) < 4.78 is 39.7. The van der Waals surface area contributed by atoms with Gasteiger partial charge in [-0.2, -0.15) is 8.96 Å². The molecule has 0 N–H and O–H groups in total. The van der Waals surface area contributed by atoms with E-state index in [9.17, 15) is 22.4 Å². The summed E-state index contributed by atoms with van der Waals surface area (Å²) in [6.45, 7) is 1.06. The van der Waals surface area contributed by atoms with Crippen molar-refractivity contribution in [1.29, 1.82) is 0 Å². The van der Waals surface area contributed by atoms with E-state index >= 15 is 0 Å². The van der Waals surface area contributed by atoms with Gasteiger partial charge in [-0.1, -0.05) is 23.2 Å². The van der Waals surface area contributed by atoms with Crippen LogP contribution in [0.3, 0.4) is 0 Å². The summed E-state index contributed by atoms with van der Waals surface area (Å²) in [5, 5.41) is 0. The molecule has 124 valence electrons. The van der Waals surface area contributed by atoms with Crippen molar-refractivity contribution in [3.63, 3.8) is 0 Å². The standard InChI is InChI=1S/C11H8Cl2FN3O4S2/c1-5(18)15-10-6(14)4-17(11(19)16(10)2)23(20,21)7-3-8(12)22-9(7)13/h3-4H,1-2H3. The van der Waals surface area contributed by atoms with Crippen LogP contribution in [-0.2, 0) is 21.9 Å². The van der Waals surface area contributed by atoms with Gasteiger partial charge in [0, 0.05) is 14.0 Å². The SMILES string of the molecule is CC(=O)N=c1c(F)cn(S(=O)(=O)c2cc(Cl)sc2Cl)c(=O)n1C. The fourth-order valence-corrected chi connectivity index (χ4v) is 5.06. The highest BCUT2D eigenvalue weighted by atomic mass is 35.5. The van der Waals surface area contributed by atoms with Crippen molar-refractivity contribution in [2.45, 2.75) is 11.8 Å². The molecular weight excluding hydrogens is 392 g/mol. The molecule has 0 fully saturated rings. The Morgan fingerprint density at radius 1 is 1.39 bits per heavy atom. The van der Waals surface area contributed by atoms with E-state index in [0.29, 0.717) is 10.8 Å². The molecule has 7 nitrogen and oxygen atoms in total. The number of nitrogens with zero attached hydrogens (tertiary/aromatic N) is 3. The topological polar surface area (TPSA) is 90.5 Å². The molecular formula is C11H8Cl2FN3O4S2. The molecule has 0 aromatic carbocycles. The number of hydrogen-bond acceptors (Lipinski definition) is 5. The molecule has 0 bridgehead atoms. The summed E-state index contributed by atoms with van der Waals surface area (Å²) in [4.78, 5) is 26.1. The Morgan fingerprint density at radius 3 is 2.48 bits per heavy atom. The van der Waals surface area contributed by atoms with Crippen molar-refractivity contribution in [2.24, 2.45) is 12.0 Å². The molecule has 23 heavy (non-hydrogen) atoms. The number of carbonyl (C=O) groups is 1. The first-order valence-corrected chi connectivity index (χ1v) is 8.81. The molecule has 0 spiro atoms. The van der Waals surface area contributed by atoms with Crippen molar-refractivity contribution in [3.05, 3.63) is 42.7 Å². The fourth-order valence-electron chi connectivity index (χ4n) is 1.67. The van der Waals surface area contributed by atoms with Crippen LogP contribution < -0.4 is 11.2 Å². The molecule has 2 heterocycles. The number of rotatable bonds is 2. The molecule has 0 saturated heterocycles. The molecule has 0 aliphatic heterocycles. The second-order valence-corrected chi connectivity index (χ2v) is 8.33. The van der Waals surface area contributed by atoms with Gasteiger partial charge in [0.1, 0.15) is 9.23 Å². The quantitative estimate of drug-likeness (QED) is 0.762. The predicted octanol–water partition coefficient (Wildman–Crippen LogP) is 1.38. The fraction of sp³-hybridized carbons (Fsp3) is 0.182. The highest BCUT2D eigenvalue weighted by molar-refractivity contribution is 7.90. The normalized spacial score (nSPS) is 12.7. The minimum absolute atomic E-state index is 0.0923. The zero-order valence-electron chi connectivity index (χ0n) is 11.6. The Labute approximate surface area is 143 Å². The van der Waals surface area contributed by atoms with E-state index in [2.05, 4.69) is 4.99 Å². The van der Waals surface area contributed by atoms with Gasteiger partial charge < -0.3 is 0 Å². The van der Waals surface area contributed by atoms with Gasteiger partial charge in [0.25, 0.3) is 10.0 Å². The Hall–Kier alpha value is -1.49. The van der Waals surface area contributed by atoms with Crippen LogP contribution >= 0.6 is 34.5 Å². The van der Waals surface area contributed by atoms with E-state index < -0.39 is 37.8 Å². The maximum atomic E-state index is 14.1. The van der Waals surface area contributed by atoms with E-state index in [0.717, 1.165) is 31.4 Å². The lowest BCUT2D eigenvalue weighted by Crippen LogP contribution is -2.42. The van der Waals surface area contributed by atoms with Crippen molar-refractivity contribution in [2.75, 3.05) is 0 Å². The highest BCUT2D eigenvalue weighted by Gasteiger charge is 2.26. The molecule has 2 rings (SSSR count). The van der Waals surface area contributed by atoms with Crippen LogP contribution in [-0.4, -0.2) is 22.9 Å². The molecule has 1 amide bonds. The number of aromatic nitrogens is 2. The summed E-state index contributed by atoms with van der Waals surface area (Å²) in [7, 11) is -3.37. The summed E-state index contributed by atoms with van der Waals surface area (Å²) in [5.74, 6) is -1.91. The van der Waals surface area contributed by atoms with Gasteiger partial charge in [0.05, 0.1) is 10.5 Å². The first kappa shape index (κ1) is 17.9. The van der Waals surface area contributed by atoms with Crippen molar-refractivity contribution < 1.29 is 17.6 Å². The number of hydrogen-bond donors (Lipinski definition) is 0. The van der Waals surface area contributed by atoms with Gasteiger partial charge in [-0.3, -0.25) is 9.36 Å². The zero-order valence-corrected chi connectivity index (χ0v) is 14.7. The summed E-state index contributed by atoms with van der Waals surface area (Å²) in [5.41, 5.74) is -1.70. The predicted molar refractivity (Wildman–Crippen MR) is 82.8 cm³/mol. The number of thiophene rings is 1. The Morgan fingerprint density at radius 2 is 2.00 bits per heavy atom. The van der Waals surface area contributed by atoms with Gasteiger partial charge in [-0.05, 0) is 6.07 Å². The molecule has 0 unspecified atom stereocenters. The first-order chi connectivity index (χ1) is 10.6. The van der Waals surface area contributed by atoms with Crippen LogP contribution in [0.1, 0.15) is 6.92 Å². The van der Waals surface area contributed by atoms with E-state index in [1.165, 1.54) is 0 Å². The van der Waals surface area contributed by atoms with Gasteiger partial charge in [0.2, 0.25) is 5.91 Å². The third-order valence-corrected chi connectivity index (χ3v) is 6.05. The second-order valence-electron chi connectivity index (χ2n) is 4.26. The van der Waals surface area contributed by atoms with Crippen LogP contribution in [0.4, 0.5) is 4.39 Å². The number of halogens is 3. The molecule has 0 atom stereocenters. The minimum atomic E-state index is -4.46. The maximum absolute atomic E-state index is 14.1. The molecule has 0 radical (unpaired) electrons. The van der Waals surface area contributed by atoms with Crippen LogP contribution in [0, 0.1) is 5.82 Å². The van der Waals surface area contributed by atoms with Gasteiger partial charge in [0.15, 0.2) is 11.3 Å². The van der Waals surface area contributed by atoms with Gasteiger partial charge in [-0.25, -0.2) is 17.6 Å². The maximum Gasteiger partial charge on any atom is 0.343 e. The lowest BCUT2D eigenvalue weighted by Gasteiger charge is -2.09. The lowest BCUT2D eigenvalue weighted by molar-refractivity contribution is -0.116. The molecule has 2 aromatic heterocycles. The van der Waals surface area contributed by atoms with E-state index in [-0.39, 0.29) is 12.6 Å². The Kier molecular flexibility index (Phi) is 4.81. The Bertz CT molecular complexity index is 1040. The summed E-state index contributed by atoms with van der Waals surface area (Å²) >= 11 is 12.3. The smallest absolute Gasteiger partial charge is 0.278 e. The summed E-state index contributed by atoms with van der Waals surface area (Å²) in [6, 6.07) is 1.06. The molecule has 2 aromatic rings. The van der Waals surface area contributed by atoms with Crippen LogP contribution in [0.2, 0.25) is 8.67 Å². The third-order valence-electron chi connectivity index (χ3n) is 2.66. The molecule has 0 aliphatic rings. The largest absolute Gasteiger partial charge is 0.343 e. The van der Waals surface area contributed by atoms with Crippen LogP contribution in [0.15, 0.2) is 26.9 Å². The lowest BCUT2D eigenvalue weighted by atomic mass is 10.6. The average Bonchev–Trinajstić information content (AvgIpc) is 2.78. The monoisotopic (exact) mass is 399 g/mol. The molecule has 0 aliphatic carbocycles. The minimum Gasteiger partial charge on any atom is -0.278 e. The van der Waals surface area contributed by atoms with Crippen molar-refractivity contribution >= 4 is 50.5 Å². The third kappa shape index (κ3) is 3.25. The van der Waals surface area contributed by atoms with Crippen molar-refractivity contribution in [1.82, 2.24) is 8.54 Å². The zero-order chi connectivity index (χ0) is 17.5. The second kappa shape index (κ2) is 6.19. The molecule has 12 heteroatoms. The molecule has 0 saturated carbocycles. The van der Waals surface area contributed by atoms with E-state index in [1.54, 1.807) is 0 Å². The Balaban J connectivity index is 2.83. The van der Waals surface area contributed by atoms with Gasteiger partial charge in [-0.15, -0.1) is 11.3 Å². The summed E-state index contributed by atoms with van der Waals surface area (Å²) in [6.07, 6.45) is 0.432. The average molecular weight is 400 g/mol. The van der Waals surface area contributed by atoms with Crippen LogP contribution in [0.5, 0.6) is 0 Å². The first-order valence-electron chi connectivity index (χ1n) is 5.79. The van der Waals surface area contributed by atoms with E-state index in [4.69, 9.17) is 23.2 Å². The van der Waals surface area contributed by atoms with Crippen LogP contribution in [0.25, 0.3) is 0 Å². The highest BCUT2D eigenvalue weighted by Crippen LogP contribution is 2.34. The number of carbonyl (C=O) groups excluding carboxylic acids is 1. The van der Waals surface area contributed by atoms with E-state index in [1.807, 2.05) is 0 Å². The number of amides is 1. The van der Waals surface area contributed by atoms with Gasteiger partial charge >= 0.3 is 5.69 Å². The van der Waals surface area contributed by atoms with Crippen molar-refractivity contribution in [3.8, 4) is 0 Å².